The number of Topliss-reactive ketones (excluding diaryl/α,β-unsaturated/α-hetero) is 1. The maximum Gasteiger partial charge on any atom is 0.167 e. The summed E-state index contributed by atoms with van der Waals surface area (Å²) in [6.07, 6.45) is 1.26. The van der Waals surface area contributed by atoms with Crippen molar-refractivity contribution in [2.45, 2.75) is 32.6 Å². The summed E-state index contributed by atoms with van der Waals surface area (Å²) >= 11 is 0. The van der Waals surface area contributed by atoms with Crippen molar-refractivity contribution in [1.82, 2.24) is 9.78 Å². The lowest BCUT2D eigenvalue weighted by molar-refractivity contribution is 0.0963. The first kappa shape index (κ1) is 15.8. The summed E-state index contributed by atoms with van der Waals surface area (Å²) in [5, 5.41) is 4.57. The lowest BCUT2D eigenvalue weighted by atomic mass is 9.80. The Kier molecular flexibility index (Phi) is 3.75. The average Bonchev–Trinajstić information content (AvgIpc) is 2.93. The molecule has 0 aliphatic heterocycles. The molecule has 25 heavy (non-hydrogen) atoms. The minimum atomic E-state index is -0.282. The molecular formula is C21H19FN2O. The quantitative estimate of drug-likeness (QED) is 0.689. The number of carbonyl (C=O) groups is 1. The van der Waals surface area contributed by atoms with Crippen molar-refractivity contribution in [1.29, 1.82) is 0 Å². The standard InChI is InChI=1S/C21H19FN2O/c1-13-5-3-4-6-18(13)15-11-19-21(20(25)12-15)14(2)23-24(19)17-9-7-16(22)8-10-17/h3-10,15H,11-12H2,1-2H3/t15-/m0/s1. The van der Waals surface area contributed by atoms with Gasteiger partial charge >= 0.3 is 0 Å². The summed E-state index contributed by atoms with van der Waals surface area (Å²) in [6, 6.07) is 14.5. The van der Waals surface area contributed by atoms with Gasteiger partial charge in [0.05, 0.1) is 22.6 Å². The summed E-state index contributed by atoms with van der Waals surface area (Å²) in [7, 11) is 0. The van der Waals surface area contributed by atoms with Crippen LogP contribution in [0.3, 0.4) is 0 Å². The molecule has 3 nitrogen and oxygen atoms in total. The van der Waals surface area contributed by atoms with Gasteiger partial charge in [-0.2, -0.15) is 5.10 Å². The zero-order valence-corrected chi connectivity index (χ0v) is 14.3. The SMILES string of the molecule is Cc1ccccc1[C@@H]1CC(=O)c2c(C)nn(-c3ccc(F)cc3)c2C1. The number of carbonyl (C=O) groups excluding carboxylic acids is 1. The van der Waals surface area contributed by atoms with Crippen LogP contribution in [0.2, 0.25) is 0 Å². The van der Waals surface area contributed by atoms with Gasteiger partial charge in [-0.05, 0) is 61.6 Å². The predicted octanol–water partition coefficient (Wildman–Crippen LogP) is 4.54. The Bertz CT molecular complexity index is 957. The summed E-state index contributed by atoms with van der Waals surface area (Å²) in [4.78, 5) is 12.8. The Morgan fingerprint density at radius 3 is 2.48 bits per heavy atom. The van der Waals surface area contributed by atoms with Crippen molar-refractivity contribution in [3.8, 4) is 5.69 Å². The summed E-state index contributed by atoms with van der Waals surface area (Å²) in [5.41, 5.74) is 5.60. The number of aryl methyl sites for hydroxylation is 2. The third kappa shape index (κ3) is 2.68. The first-order valence-electron chi connectivity index (χ1n) is 8.47. The van der Waals surface area contributed by atoms with Crippen LogP contribution in [0.25, 0.3) is 5.69 Å². The van der Waals surface area contributed by atoms with Crippen molar-refractivity contribution in [2.75, 3.05) is 0 Å². The van der Waals surface area contributed by atoms with Gasteiger partial charge in [0.2, 0.25) is 0 Å². The van der Waals surface area contributed by atoms with Crippen LogP contribution in [0.5, 0.6) is 0 Å². The Morgan fingerprint density at radius 2 is 1.76 bits per heavy atom. The van der Waals surface area contributed by atoms with E-state index in [1.807, 2.05) is 19.1 Å². The summed E-state index contributed by atoms with van der Waals surface area (Å²) < 4.78 is 15.1. The number of rotatable bonds is 2. The van der Waals surface area contributed by atoms with E-state index in [9.17, 15) is 9.18 Å². The molecule has 0 fully saturated rings. The fourth-order valence-electron chi connectivity index (χ4n) is 3.82. The largest absolute Gasteiger partial charge is 0.294 e. The van der Waals surface area contributed by atoms with E-state index >= 15 is 0 Å². The van der Waals surface area contributed by atoms with Gasteiger partial charge in [-0.25, -0.2) is 9.07 Å². The van der Waals surface area contributed by atoms with E-state index in [2.05, 4.69) is 24.2 Å². The molecule has 0 N–H and O–H groups in total. The van der Waals surface area contributed by atoms with E-state index < -0.39 is 0 Å². The van der Waals surface area contributed by atoms with Gasteiger partial charge in [0.1, 0.15) is 5.82 Å². The maximum atomic E-state index is 13.3. The molecule has 4 heteroatoms. The number of halogens is 1. The van der Waals surface area contributed by atoms with Crippen LogP contribution in [-0.4, -0.2) is 15.6 Å². The zero-order chi connectivity index (χ0) is 17.6. The molecule has 1 aliphatic rings. The number of fused-ring (bicyclic) bond motifs is 1. The number of ketones is 1. The average molecular weight is 334 g/mol. The van der Waals surface area contributed by atoms with Crippen molar-refractivity contribution in [2.24, 2.45) is 0 Å². The fourth-order valence-corrected chi connectivity index (χ4v) is 3.82. The molecule has 0 saturated heterocycles. The van der Waals surface area contributed by atoms with Gasteiger partial charge in [0.25, 0.3) is 0 Å². The van der Waals surface area contributed by atoms with Gasteiger partial charge in [-0.1, -0.05) is 24.3 Å². The Hall–Kier alpha value is -2.75. The molecule has 1 aromatic heterocycles. The molecule has 0 bridgehead atoms. The molecule has 2 aromatic carbocycles. The van der Waals surface area contributed by atoms with Gasteiger partial charge in [-0.15, -0.1) is 0 Å². The monoisotopic (exact) mass is 334 g/mol. The number of nitrogens with zero attached hydrogens (tertiary/aromatic N) is 2. The third-order valence-electron chi connectivity index (χ3n) is 5.01. The maximum absolute atomic E-state index is 13.3. The van der Waals surface area contributed by atoms with E-state index in [-0.39, 0.29) is 17.5 Å². The van der Waals surface area contributed by atoms with Gasteiger partial charge in [-0.3, -0.25) is 4.79 Å². The normalized spacial score (nSPS) is 16.8. The van der Waals surface area contributed by atoms with Gasteiger partial charge in [0.15, 0.2) is 5.78 Å². The molecule has 0 unspecified atom stereocenters. The molecule has 1 aliphatic carbocycles. The second-order valence-electron chi connectivity index (χ2n) is 6.68. The number of aromatic nitrogens is 2. The minimum absolute atomic E-state index is 0.139. The lowest BCUT2D eigenvalue weighted by Gasteiger charge is -2.24. The van der Waals surface area contributed by atoms with Gasteiger partial charge in [0, 0.05) is 6.42 Å². The molecular weight excluding hydrogens is 315 g/mol. The van der Waals surface area contributed by atoms with E-state index in [1.54, 1.807) is 16.8 Å². The number of benzene rings is 2. The van der Waals surface area contributed by atoms with E-state index in [4.69, 9.17) is 0 Å². The summed E-state index contributed by atoms with van der Waals surface area (Å²) in [5.74, 6) is 0.00669. The topological polar surface area (TPSA) is 34.9 Å². The van der Waals surface area contributed by atoms with Crippen LogP contribution in [0.15, 0.2) is 48.5 Å². The lowest BCUT2D eigenvalue weighted by Crippen LogP contribution is -2.21. The molecule has 3 aromatic rings. The van der Waals surface area contributed by atoms with Crippen LogP contribution < -0.4 is 0 Å². The van der Waals surface area contributed by atoms with Gasteiger partial charge < -0.3 is 0 Å². The Morgan fingerprint density at radius 1 is 1.04 bits per heavy atom. The van der Waals surface area contributed by atoms with Crippen molar-refractivity contribution < 1.29 is 9.18 Å². The zero-order valence-electron chi connectivity index (χ0n) is 14.3. The first-order chi connectivity index (χ1) is 12.0. The second-order valence-corrected chi connectivity index (χ2v) is 6.68. The van der Waals surface area contributed by atoms with Crippen molar-refractivity contribution in [3.05, 3.63) is 82.4 Å². The smallest absolute Gasteiger partial charge is 0.167 e. The molecule has 0 spiro atoms. The fraction of sp³-hybridized carbons (Fsp3) is 0.238. The van der Waals surface area contributed by atoms with Crippen LogP contribution in [-0.2, 0) is 6.42 Å². The van der Waals surface area contributed by atoms with Crippen molar-refractivity contribution in [3.63, 3.8) is 0 Å². The molecule has 0 saturated carbocycles. The highest BCUT2D eigenvalue weighted by Gasteiger charge is 2.32. The molecule has 0 radical (unpaired) electrons. The minimum Gasteiger partial charge on any atom is -0.294 e. The predicted molar refractivity (Wildman–Crippen MR) is 94.8 cm³/mol. The highest BCUT2D eigenvalue weighted by atomic mass is 19.1. The van der Waals surface area contributed by atoms with Crippen LogP contribution in [0, 0.1) is 19.7 Å². The summed E-state index contributed by atoms with van der Waals surface area (Å²) in [6.45, 7) is 3.95. The van der Waals surface area contributed by atoms with E-state index in [1.165, 1.54) is 23.3 Å². The number of hydrogen-bond acceptors (Lipinski definition) is 2. The van der Waals surface area contributed by atoms with E-state index in [0.29, 0.717) is 6.42 Å². The van der Waals surface area contributed by atoms with Crippen LogP contribution in [0.4, 0.5) is 4.39 Å². The molecule has 1 atom stereocenters. The molecule has 0 amide bonds. The Balaban J connectivity index is 1.81. The Labute approximate surface area is 146 Å². The molecule has 126 valence electrons. The number of hydrogen-bond donors (Lipinski definition) is 0. The molecule has 1 heterocycles. The highest BCUT2D eigenvalue weighted by molar-refractivity contribution is 6.00. The third-order valence-corrected chi connectivity index (χ3v) is 5.01. The van der Waals surface area contributed by atoms with Crippen LogP contribution in [0.1, 0.15) is 45.2 Å². The second kappa shape index (κ2) is 5.96. The van der Waals surface area contributed by atoms with E-state index in [0.717, 1.165) is 29.1 Å². The van der Waals surface area contributed by atoms with Crippen LogP contribution >= 0.6 is 0 Å². The molecule has 4 rings (SSSR count). The van der Waals surface area contributed by atoms with Crippen molar-refractivity contribution >= 4 is 5.78 Å². The first-order valence-corrected chi connectivity index (χ1v) is 8.47. The highest BCUT2D eigenvalue weighted by Crippen LogP contribution is 2.36.